The van der Waals surface area contributed by atoms with Crippen molar-refractivity contribution in [2.24, 2.45) is 7.05 Å². The van der Waals surface area contributed by atoms with Crippen molar-refractivity contribution >= 4 is 21.4 Å². The molecule has 1 fully saturated rings. The van der Waals surface area contributed by atoms with Gasteiger partial charge in [0.05, 0.1) is 12.5 Å². The van der Waals surface area contributed by atoms with Crippen LogP contribution in [-0.2, 0) is 20.0 Å². The fraction of sp³-hybridized carbons (Fsp3) is 0.435. The van der Waals surface area contributed by atoms with E-state index in [4.69, 9.17) is 4.74 Å². The van der Waals surface area contributed by atoms with Crippen molar-refractivity contribution in [1.82, 2.24) is 14.8 Å². The van der Waals surface area contributed by atoms with Crippen LogP contribution >= 0.6 is 11.3 Å². The lowest BCUT2D eigenvalue weighted by atomic mass is 10.0. The minimum atomic E-state index is 0.0703. The lowest BCUT2D eigenvalue weighted by Crippen LogP contribution is -2.27. The summed E-state index contributed by atoms with van der Waals surface area (Å²) >= 11 is 1.75. The average molecular weight is 412 g/mol. The average Bonchev–Trinajstić information content (AvgIpc) is 2.98. The van der Waals surface area contributed by atoms with Crippen LogP contribution < -0.4 is 15.6 Å². The predicted molar refractivity (Wildman–Crippen MR) is 121 cm³/mol. The van der Waals surface area contributed by atoms with Crippen LogP contribution in [0.1, 0.15) is 23.8 Å². The molecule has 2 aromatic heterocycles. The van der Waals surface area contributed by atoms with Crippen molar-refractivity contribution in [3.05, 3.63) is 51.3 Å². The Morgan fingerprint density at radius 2 is 2.07 bits per heavy atom. The van der Waals surface area contributed by atoms with E-state index in [1.807, 2.05) is 13.2 Å². The third kappa shape index (κ3) is 4.10. The Labute approximate surface area is 175 Å². The number of aromatic nitrogens is 1. The summed E-state index contributed by atoms with van der Waals surface area (Å²) < 4.78 is 8.37. The predicted octanol–water partition coefficient (Wildman–Crippen LogP) is 3.63. The number of hydrogen-bond acceptors (Lipinski definition) is 5. The zero-order chi connectivity index (χ0) is 20.4. The van der Waals surface area contributed by atoms with Gasteiger partial charge in [0.1, 0.15) is 5.75 Å². The molecule has 0 amide bonds. The largest absolute Gasteiger partial charge is 0.496 e. The second-order valence-corrected chi connectivity index (χ2v) is 8.81. The van der Waals surface area contributed by atoms with Crippen LogP contribution in [0.25, 0.3) is 21.2 Å². The molecule has 1 aliphatic rings. The Hall–Kier alpha value is -2.15. The van der Waals surface area contributed by atoms with E-state index in [2.05, 4.69) is 41.4 Å². The monoisotopic (exact) mass is 411 g/mol. The maximum Gasteiger partial charge on any atom is 0.259 e. The number of fused-ring (bicyclic) bond motifs is 1. The highest BCUT2D eigenvalue weighted by molar-refractivity contribution is 7.19. The van der Waals surface area contributed by atoms with Crippen molar-refractivity contribution in [3.63, 3.8) is 0 Å². The third-order valence-electron chi connectivity index (χ3n) is 5.69. The van der Waals surface area contributed by atoms with Gasteiger partial charge >= 0.3 is 0 Å². The van der Waals surface area contributed by atoms with E-state index in [9.17, 15) is 4.79 Å². The Bertz CT molecular complexity index is 1060. The van der Waals surface area contributed by atoms with Gasteiger partial charge in [-0.3, -0.25) is 9.69 Å². The van der Waals surface area contributed by atoms with Crippen LogP contribution in [0.3, 0.4) is 0 Å². The lowest BCUT2D eigenvalue weighted by molar-refractivity contribution is 0.287. The van der Waals surface area contributed by atoms with E-state index in [0.29, 0.717) is 0 Å². The standard InChI is InChI=1S/C23H29N3O2S/c1-4-16-6-7-17(12-21(16)28-3)20-15-25(2)23(27)19-13-18(29-22(19)20)14-26-10-5-8-24-9-11-26/h6-7,12-13,15,24H,4-5,8-11,14H2,1-3H3. The number of hydrogen-bond donors (Lipinski definition) is 1. The normalized spacial score (nSPS) is 15.6. The first kappa shape index (κ1) is 20.1. The molecular weight excluding hydrogens is 382 g/mol. The Kier molecular flexibility index (Phi) is 6.04. The van der Waals surface area contributed by atoms with Crippen molar-refractivity contribution in [2.75, 3.05) is 33.3 Å². The minimum Gasteiger partial charge on any atom is -0.496 e. The zero-order valence-electron chi connectivity index (χ0n) is 17.5. The van der Waals surface area contributed by atoms with Crippen molar-refractivity contribution in [1.29, 1.82) is 0 Å². The number of thiophene rings is 1. The molecule has 0 saturated carbocycles. The highest BCUT2D eigenvalue weighted by Crippen LogP contribution is 2.36. The first-order chi connectivity index (χ1) is 14.1. The number of methoxy groups -OCH3 is 1. The lowest BCUT2D eigenvalue weighted by Gasteiger charge is -2.17. The van der Waals surface area contributed by atoms with Crippen molar-refractivity contribution in [3.8, 4) is 16.9 Å². The molecule has 1 N–H and O–H groups in total. The number of nitrogens with one attached hydrogen (secondary N) is 1. The van der Waals surface area contributed by atoms with Gasteiger partial charge in [-0.05, 0) is 49.2 Å². The van der Waals surface area contributed by atoms with Gasteiger partial charge in [0, 0.05) is 48.0 Å². The second kappa shape index (κ2) is 8.69. The summed E-state index contributed by atoms with van der Waals surface area (Å²) in [6, 6.07) is 8.46. The van der Waals surface area contributed by atoms with Gasteiger partial charge in [-0.2, -0.15) is 0 Å². The van der Waals surface area contributed by atoms with Gasteiger partial charge in [-0.25, -0.2) is 0 Å². The Morgan fingerprint density at radius 1 is 1.21 bits per heavy atom. The quantitative estimate of drug-likeness (QED) is 0.696. The molecule has 4 rings (SSSR count). The third-order valence-corrected chi connectivity index (χ3v) is 6.85. The summed E-state index contributed by atoms with van der Waals surface area (Å²) in [4.78, 5) is 16.6. The summed E-state index contributed by atoms with van der Waals surface area (Å²) in [7, 11) is 3.55. The molecule has 1 saturated heterocycles. The van der Waals surface area contributed by atoms with Crippen molar-refractivity contribution in [2.45, 2.75) is 26.3 Å². The van der Waals surface area contributed by atoms with Crippen LogP contribution in [0.15, 0.2) is 35.3 Å². The minimum absolute atomic E-state index is 0.0703. The maximum absolute atomic E-state index is 12.8. The van der Waals surface area contributed by atoms with Crippen molar-refractivity contribution < 1.29 is 4.74 Å². The van der Waals surface area contributed by atoms with Gasteiger partial charge in [0.2, 0.25) is 0 Å². The number of ether oxygens (including phenoxy) is 1. The van der Waals surface area contributed by atoms with Crippen LogP contribution in [-0.4, -0.2) is 42.8 Å². The molecular formula is C23H29N3O2S. The van der Waals surface area contributed by atoms with Gasteiger partial charge in [0.25, 0.3) is 5.56 Å². The van der Waals surface area contributed by atoms with E-state index in [1.165, 1.54) is 16.9 Å². The van der Waals surface area contributed by atoms with Crippen LogP contribution in [0.4, 0.5) is 0 Å². The molecule has 0 atom stereocenters. The first-order valence-electron chi connectivity index (χ1n) is 10.3. The van der Waals surface area contributed by atoms with Gasteiger partial charge in [0.15, 0.2) is 0 Å². The summed E-state index contributed by atoms with van der Waals surface area (Å²) in [6.07, 6.45) is 4.06. The first-order valence-corrected chi connectivity index (χ1v) is 11.1. The van der Waals surface area contributed by atoms with Crippen LogP contribution in [0.2, 0.25) is 0 Å². The Morgan fingerprint density at radius 3 is 2.86 bits per heavy atom. The van der Waals surface area contributed by atoms with Crippen LogP contribution in [0, 0.1) is 0 Å². The van der Waals surface area contributed by atoms with Gasteiger partial charge < -0.3 is 14.6 Å². The molecule has 0 radical (unpaired) electrons. The number of pyridine rings is 1. The summed E-state index contributed by atoms with van der Waals surface area (Å²) in [6.45, 7) is 7.30. The molecule has 0 spiro atoms. The number of benzene rings is 1. The van der Waals surface area contributed by atoms with Gasteiger partial charge in [-0.1, -0.05) is 19.1 Å². The highest BCUT2D eigenvalue weighted by Gasteiger charge is 2.17. The smallest absolute Gasteiger partial charge is 0.259 e. The summed E-state index contributed by atoms with van der Waals surface area (Å²) in [5.41, 5.74) is 3.45. The summed E-state index contributed by atoms with van der Waals surface area (Å²) in [5, 5.41) is 4.27. The molecule has 3 heterocycles. The SMILES string of the molecule is CCc1ccc(-c2cn(C)c(=O)c3cc(CN4CCCNCC4)sc23)cc1OC. The molecule has 154 valence electrons. The van der Waals surface area contributed by atoms with E-state index in [-0.39, 0.29) is 5.56 Å². The molecule has 3 aromatic rings. The topological polar surface area (TPSA) is 46.5 Å². The molecule has 0 unspecified atom stereocenters. The molecule has 29 heavy (non-hydrogen) atoms. The number of nitrogens with zero attached hydrogens (tertiary/aromatic N) is 2. The maximum atomic E-state index is 12.8. The highest BCUT2D eigenvalue weighted by atomic mass is 32.1. The van der Waals surface area contributed by atoms with Gasteiger partial charge in [-0.15, -0.1) is 11.3 Å². The number of rotatable bonds is 5. The van der Waals surface area contributed by atoms with Crippen LogP contribution in [0.5, 0.6) is 5.75 Å². The number of aryl methyl sites for hydroxylation is 2. The molecule has 0 bridgehead atoms. The molecule has 6 heteroatoms. The second-order valence-electron chi connectivity index (χ2n) is 7.67. The molecule has 0 aliphatic carbocycles. The molecule has 1 aliphatic heterocycles. The Balaban J connectivity index is 1.77. The van der Waals surface area contributed by atoms with E-state index in [0.717, 1.165) is 66.1 Å². The molecule has 1 aromatic carbocycles. The summed E-state index contributed by atoms with van der Waals surface area (Å²) in [5.74, 6) is 0.904. The van der Waals surface area contributed by atoms with E-state index >= 15 is 0 Å². The zero-order valence-corrected chi connectivity index (χ0v) is 18.3. The van der Waals surface area contributed by atoms with E-state index in [1.54, 1.807) is 23.0 Å². The fourth-order valence-electron chi connectivity index (χ4n) is 4.07. The van der Waals surface area contributed by atoms with E-state index < -0.39 is 0 Å². The fourth-order valence-corrected chi connectivity index (χ4v) is 5.29. The molecule has 5 nitrogen and oxygen atoms in total.